The number of aliphatic hydroxyl groups is 1. The minimum Gasteiger partial charge on any atom is -0.502 e. The molecule has 2 heterocycles. The lowest BCUT2D eigenvalue weighted by atomic mass is 9.92. The summed E-state index contributed by atoms with van der Waals surface area (Å²) < 4.78 is 16.3. The van der Waals surface area contributed by atoms with Gasteiger partial charge in [-0.25, -0.2) is 0 Å². The second-order valence-electron chi connectivity index (χ2n) is 6.69. The van der Waals surface area contributed by atoms with Crippen LogP contribution in [0.1, 0.15) is 42.0 Å². The smallest absolute Gasteiger partial charge is 0.306 e. The molecule has 8 nitrogen and oxygen atoms in total. The van der Waals surface area contributed by atoms with E-state index in [-0.39, 0.29) is 24.5 Å². The molecular formula is C23H23NO7. The number of hydrogen-bond acceptors (Lipinski definition) is 8. The van der Waals surface area contributed by atoms with Crippen molar-refractivity contribution in [2.45, 2.75) is 32.5 Å². The van der Waals surface area contributed by atoms with Gasteiger partial charge in [0.2, 0.25) is 11.2 Å². The van der Waals surface area contributed by atoms with Crippen molar-refractivity contribution < 1.29 is 28.9 Å². The Morgan fingerprint density at radius 1 is 1.19 bits per heavy atom. The predicted molar refractivity (Wildman–Crippen MR) is 111 cm³/mol. The number of ether oxygens (including phenoxy) is 2. The van der Waals surface area contributed by atoms with Crippen LogP contribution in [-0.4, -0.2) is 27.8 Å². The molecule has 0 radical (unpaired) electrons. The van der Waals surface area contributed by atoms with Crippen LogP contribution >= 0.6 is 0 Å². The fraction of sp³-hybridized carbons (Fsp3) is 0.261. The van der Waals surface area contributed by atoms with Gasteiger partial charge in [-0.1, -0.05) is 18.2 Å². The molecule has 0 saturated carbocycles. The second kappa shape index (κ2) is 10.4. The number of rotatable bonds is 9. The number of aromatic nitrogens is 1. The molecular weight excluding hydrogens is 402 g/mol. The third kappa shape index (κ3) is 5.70. The highest BCUT2D eigenvalue weighted by atomic mass is 16.5. The Balaban J connectivity index is 1.88. The maximum Gasteiger partial charge on any atom is 0.306 e. The van der Waals surface area contributed by atoms with E-state index >= 15 is 0 Å². The molecule has 0 saturated heterocycles. The highest BCUT2D eigenvalue weighted by Gasteiger charge is 2.26. The summed E-state index contributed by atoms with van der Waals surface area (Å²) in [4.78, 5) is 28.4. The number of pyridine rings is 1. The zero-order chi connectivity index (χ0) is 22.2. The summed E-state index contributed by atoms with van der Waals surface area (Å²) in [6.07, 6.45) is 1.52. The van der Waals surface area contributed by atoms with Crippen molar-refractivity contribution in [1.82, 2.24) is 4.98 Å². The number of aliphatic hydroxyl groups excluding tert-OH is 1. The summed E-state index contributed by atoms with van der Waals surface area (Å²) >= 11 is 0. The molecule has 162 valence electrons. The average molecular weight is 425 g/mol. The molecule has 2 N–H and O–H groups in total. The molecule has 0 amide bonds. The van der Waals surface area contributed by atoms with E-state index in [9.17, 15) is 19.8 Å². The normalized spacial score (nSPS) is 11.7. The summed E-state index contributed by atoms with van der Waals surface area (Å²) in [6, 6.07) is 13.4. The van der Waals surface area contributed by atoms with E-state index in [0.717, 1.165) is 11.8 Å². The topological polar surface area (TPSA) is 119 Å². The molecule has 3 aromatic rings. The molecule has 0 bridgehead atoms. The maximum atomic E-state index is 12.2. The Morgan fingerprint density at radius 3 is 2.61 bits per heavy atom. The van der Waals surface area contributed by atoms with E-state index in [1.165, 1.54) is 0 Å². The molecule has 1 aromatic carbocycles. The SMILES string of the molecule is CCOC(=O)C[C@H](c1ccc(OCc2ccccn2)cc1)c1oc(CO)cc(=O)c1O. The number of nitrogens with zero attached hydrogens (tertiary/aromatic N) is 1. The lowest BCUT2D eigenvalue weighted by Gasteiger charge is -2.18. The first kappa shape index (κ1) is 22.0. The van der Waals surface area contributed by atoms with Crippen molar-refractivity contribution in [3.8, 4) is 11.5 Å². The van der Waals surface area contributed by atoms with Crippen molar-refractivity contribution in [1.29, 1.82) is 0 Å². The third-order valence-corrected chi connectivity index (χ3v) is 4.54. The fourth-order valence-electron chi connectivity index (χ4n) is 3.05. The monoisotopic (exact) mass is 425 g/mol. The van der Waals surface area contributed by atoms with Gasteiger partial charge >= 0.3 is 5.97 Å². The Hall–Kier alpha value is -3.65. The van der Waals surface area contributed by atoms with Crippen LogP contribution in [0.2, 0.25) is 0 Å². The maximum absolute atomic E-state index is 12.2. The summed E-state index contributed by atoms with van der Waals surface area (Å²) in [5.74, 6) is -1.45. The Labute approximate surface area is 178 Å². The number of hydrogen-bond donors (Lipinski definition) is 2. The van der Waals surface area contributed by atoms with E-state index in [4.69, 9.17) is 13.9 Å². The van der Waals surface area contributed by atoms with Gasteiger partial charge in [0.05, 0.1) is 24.6 Å². The van der Waals surface area contributed by atoms with E-state index in [0.29, 0.717) is 17.9 Å². The molecule has 0 spiro atoms. The van der Waals surface area contributed by atoms with E-state index in [2.05, 4.69) is 4.98 Å². The van der Waals surface area contributed by atoms with Crippen LogP contribution in [0.5, 0.6) is 11.5 Å². The molecule has 0 fully saturated rings. The molecule has 0 aliphatic carbocycles. The van der Waals surface area contributed by atoms with Crippen LogP contribution in [0.15, 0.2) is 63.9 Å². The molecule has 31 heavy (non-hydrogen) atoms. The predicted octanol–water partition coefficient (Wildman–Crippen LogP) is 2.90. The molecule has 3 rings (SSSR count). The summed E-state index contributed by atoms with van der Waals surface area (Å²) in [7, 11) is 0. The van der Waals surface area contributed by atoms with Crippen LogP contribution in [0.3, 0.4) is 0 Å². The summed E-state index contributed by atoms with van der Waals surface area (Å²) in [6.45, 7) is 1.65. The van der Waals surface area contributed by atoms with Crippen molar-refractivity contribution in [3.05, 3.63) is 87.7 Å². The molecule has 0 aliphatic rings. The lowest BCUT2D eigenvalue weighted by molar-refractivity contribution is -0.143. The van der Waals surface area contributed by atoms with Crippen LogP contribution in [0.25, 0.3) is 0 Å². The van der Waals surface area contributed by atoms with Crippen LogP contribution in [0, 0.1) is 0 Å². The minimum atomic E-state index is -0.789. The van der Waals surface area contributed by atoms with Gasteiger partial charge in [0.1, 0.15) is 24.7 Å². The van der Waals surface area contributed by atoms with Gasteiger partial charge in [-0.2, -0.15) is 0 Å². The first-order valence-corrected chi connectivity index (χ1v) is 9.76. The summed E-state index contributed by atoms with van der Waals surface area (Å²) in [5.41, 5.74) is 0.681. The van der Waals surface area contributed by atoms with Gasteiger partial charge in [-0.3, -0.25) is 14.6 Å². The highest BCUT2D eigenvalue weighted by molar-refractivity contribution is 5.71. The van der Waals surface area contributed by atoms with Gasteiger partial charge in [-0.15, -0.1) is 0 Å². The molecule has 1 atom stereocenters. The van der Waals surface area contributed by atoms with Gasteiger partial charge in [0, 0.05) is 12.3 Å². The Kier molecular flexibility index (Phi) is 7.40. The van der Waals surface area contributed by atoms with Gasteiger partial charge in [0.25, 0.3) is 0 Å². The standard InChI is InChI=1S/C23H23NO7/c1-2-29-21(27)12-19(23-22(28)20(26)11-18(13-25)31-23)15-6-8-17(9-7-15)30-14-16-5-3-4-10-24-16/h3-11,19,25,28H,2,12-14H2,1H3/t19-/m1/s1. The molecule has 0 aliphatic heterocycles. The molecule has 8 heteroatoms. The van der Waals surface area contributed by atoms with Gasteiger partial charge in [-0.05, 0) is 36.8 Å². The lowest BCUT2D eigenvalue weighted by Crippen LogP contribution is -2.15. The average Bonchev–Trinajstić information content (AvgIpc) is 2.79. The fourth-order valence-corrected chi connectivity index (χ4v) is 3.05. The van der Waals surface area contributed by atoms with Crippen molar-refractivity contribution >= 4 is 5.97 Å². The molecule has 0 unspecified atom stereocenters. The van der Waals surface area contributed by atoms with Crippen molar-refractivity contribution in [2.24, 2.45) is 0 Å². The Bertz CT molecular complexity index is 1060. The number of esters is 1. The van der Waals surface area contributed by atoms with Crippen LogP contribution in [0.4, 0.5) is 0 Å². The zero-order valence-electron chi connectivity index (χ0n) is 17.0. The quantitative estimate of drug-likeness (QED) is 0.502. The number of carbonyl (C=O) groups excluding carboxylic acids is 1. The van der Waals surface area contributed by atoms with Crippen LogP contribution < -0.4 is 10.2 Å². The number of carbonyl (C=O) groups is 1. The van der Waals surface area contributed by atoms with Crippen molar-refractivity contribution in [3.63, 3.8) is 0 Å². The van der Waals surface area contributed by atoms with Gasteiger partial charge in [0.15, 0.2) is 5.76 Å². The van der Waals surface area contributed by atoms with Crippen LogP contribution in [-0.2, 0) is 22.7 Å². The third-order valence-electron chi connectivity index (χ3n) is 4.54. The largest absolute Gasteiger partial charge is 0.502 e. The summed E-state index contributed by atoms with van der Waals surface area (Å²) in [5, 5.41) is 19.6. The highest BCUT2D eigenvalue weighted by Crippen LogP contribution is 2.34. The molecule has 2 aromatic heterocycles. The first-order chi connectivity index (χ1) is 15.0. The van der Waals surface area contributed by atoms with Gasteiger partial charge < -0.3 is 24.1 Å². The van der Waals surface area contributed by atoms with E-state index in [1.807, 2.05) is 18.2 Å². The minimum absolute atomic E-state index is 0.0121. The Morgan fingerprint density at radius 2 is 1.97 bits per heavy atom. The van der Waals surface area contributed by atoms with Crippen molar-refractivity contribution in [2.75, 3.05) is 6.61 Å². The van der Waals surface area contributed by atoms with E-state index in [1.54, 1.807) is 37.4 Å². The first-order valence-electron chi connectivity index (χ1n) is 9.76. The number of aromatic hydroxyl groups is 1. The number of benzene rings is 1. The zero-order valence-corrected chi connectivity index (χ0v) is 17.0. The second-order valence-corrected chi connectivity index (χ2v) is 6.69. The van der Waals surface area contributed by atoms with E-state index < -0.39 is 29.7 Å².